The van der Waals surface area contributed by atoms with Crippen LogP contribution in [0.2, 0.25) is 0 Å². The zero-order chi connectivity index (χ0) is 15.4. The third-order valence-corrected chi connectivity index (χ3v) is 3.79. The van der Waals surface area contributed by atoms with Crippen molar-refractivity contribution >= 4 is 11.7 Å². The summed E-state index contributed by atoms with van der Waals surface area (Å²) in [5.41, 5.74) is 0.843. The van der Waals surface area contributed by atoms with Gasteiger partial charge in [-0.25, -0.2) is 14.4 Å². The first-order chi connectivity index (χ1) is 10.8. The highest BCUT2D eigenvalue weighted by Crippen LogP contribution is 2.24. The Morgan fingerprint density at radius 1 is 1.18 bits per heavy atom. The van der Waals surface area contributed by atoms with Crippen LogP contribution in [0.5, 0.6) is 0 Å². The van der Waals surface area contributed by atoms with E-state index >= 15 is 0 Å². The summed E-state index contributed by atoms with van der Waals surface area (Å²) in [6.07, 6.45) is 2.78. The number of amides is 1. The van der Waals surface area contributed by atoms with Crippen LogP contribution in [-0.2, 0) is 4.79 Å². The van der Waals surface area contributed by atoms with Gasteiger partial charge in [0.1, 0.15) is 12.0 Å². The van der Waals surface area contributed by atoms with E-state index in [-0.39, 0.29) is 23.3 Å². The lowest BCUT2D eigenvalue weighted by Crippen LogP contribution is -2.35. The summed E-state index contributed by atoms with van der Waals surface area (Å²) in [7, 11) is 0. The fourth-order valence-corrected chi connectivity index (χ4v) is 2.56. The zero-order valence-electron chi connectivity index (χ0n) is 12.1. The van der Waals surface area contributed by atoms with Gasteiger partial charge in [-0.1, -0.05) is 30.3 Å². The van der Waals surface area contributed by atoms with Crippen molar-refractivity contribution in [3.63, 3.8) is 0 Å². The normalized spacial score (nSPS) is 15.5. The van der Waals surface area contributed by atoms with Crippen LogP contribution < -0.4 is 10.6 Å². The summed E-state index contributed by atoms with van der Waals surface area (Å²) >= 11 is 0. The molecule has 0 atom stereocenters. The van der Waals surface area contributed by atoms with Crippen molar-refractivity contribution in [2.24, 2.45) is 5.92 Å². The maximum atomic E-state index is 14.5. The van der Waals surface area contributed by atoms with Crippen LogP contribution in [0.15, 0.2) is 36.7 Å². The molecule has 1 aliphatic heterocycles. The maximum Gasteiger partial charge on any atom is 0.228 e. The highest BCUT2D eigenvalue weighted by atomic mass is 19.1. The number of carbonyl (C=O) groups is 1. The summed E-state index contributed by atoms with van der Waals surface area (Å²) in [6, 6.07) is 9.00. The number of hydrogen-bond donors (Lipinski definition) is 2. The molecule has 2 aromatic rings. The fourth-order valence-electron chi connectivity index (χ4n) is 2.56. The number of anilines is 1. The first kappa shape index (κ1) is 14.6. The van der Waals surface area contributed by atoms with Crippen LogP contribution >= 0.6 is 0 Å². The van der Waals surface area contributed by atoms with Gasteiger partial charge in [-0.3, -0.25) is 4.79 Å². The molecule has 0 saturated carbocycles. The summed E-state index contributed by atoms with van der Waals surface area (Å²) in [5.74, 6) is -0.942. The van der Waals surface area contributed by atoms with Crippen molar-refractivity contribution in [1.82, 2.24) is 15.3 Å². The molecule has 1 aromatic heterocycles. The number of carbonyl (C=O) groups excluding carboxylic acids is 1. The van der Waals surface area contributed by atoms with E-state index in [4.69, 9.17) is 0 Å². The number of nitrogens with zero attached hydrogens (tertiary/aromatic N) is 2. The second-order valence-corrected chi connectivity index (χ2v) is 5.26. The molecule has 1 amide bonds. The third kappa shape index (κ3) is 3.12. The van der Waals surface area contributed by atoms with E-state index in [1.807, 2.05) is 18.2 Å². The predicted octanol–water partition coefficient (Wildman–Crippen LogP) is 2.22. The number of hydrogen-bond acceptors (Lipinski definition) is 4. The molecule has 6 heteroatoms. The van der Waals surface area contributed by atoms with E-state index in [9.17, 15) is 9.18 Å². The topological polar surface area (TPSA) is 66.9 Å². The Labute approximate surface area is 128 Å². The van der Waals surface area contributed by atoms with Crippen molar-refractivity contribution < 1.29 is 9.18 Å². The van der Waals surface area contributed by atoms with E-state index in [2.05, 4.69) is 20.6 Å². The lowest BCUT2D eigenvalue weighted by molar-refractivity contribution is -0.120. The molecular weight excluding hydrogens is 283 g/mol. The third-order valence-electron chi connectivity index (χ3n) is 3.79. The van der Waals surface area contributed by atoms with Gasteiger partial charge < -0.3 is 10.6 Å². The highest BCUT2D eigenvalue weighted by molar-refractivity contribution is 5.92. The lowest BCUT2D eigenvalue weighted by Gasteiger charge is -2.21. The molecule has 1 aliphatic rings. The number of nitrogens with one attached hydrogen (secondary N) is 2. The molecule has 2 N–H and O–H groups in total. The maximum absolute atomic E-state index is 14.5. The van der Waals surface area contributed by atoms with Gasteiger partial charge in [0.2, 0.25) is 5.91 Å². The van der Waals surface area contributed by atoms with E-state index in [1.54, 1.807) is 12.1 Å². The quantitative estimate of drug-likeness (QED) is 0.912. The monoisotopic (exact) mass is 300 g/mol. The number of rotatable bonds is 3. The Bertz CT molecular complexity index is 656. The van der Waals surface area contributed by atoms with Gasteiger partial charge in [0.05, 0.1) is 0 Å². The van der Waals surface area contributed by atoms with Crippen molar-refractivity contribution in [1.29, 1.82) is 0 Å². The van der Waals surface area contributed by atoms with Crippen LogP contribution in [0.25, 0.3) is 11.3 Å². The molecule has 2 heterocycles. The standard InChI is InChI=1S/C16H17FN4O/c17-13-14(11-4-2-1-3-5-11)19-10-20-15(13)21-16(22)12-6-8-18-9-7-12/h1-5,10,12,18H,6-9H2,(H,19,20,21,22). The van der Waals surface area contributed by atoms with Gasteiger partial charge in [-0.15, -0.1) is 0 Å². The first-order valence-corrected chi connectivity index (χ1v) is 7.33. The number of benzene rings is 1. The second-order valence-electron chi connectivity index (χ2n) is 5.26. The minimum absolute atomic E-state index is 0.0580. The van der Waals surface area contributed by atoms with Crippen molar-refractivity contribution in [2.75, 3.05) is 18.4 Å². The average Bonchev–Trinajstić information content (AvgIpc) is 2.58. The molecule has 0 radical (unpaired) electrons. The van der Waals surface area contributed by atoms with Gasteiger partial charge >= 0.3 is 0 Å². The molecule has 3 rings (SSSR count). The summed E-state index contributed by atoms with van der Waals surface area (Å²) in [6.45, 7) is 1.61. The molecule has 0 unspecified atom stereocenters. The van der Waals surface area contributed by atoms with Crippen LogP contribution in [0, 0.1) is 11.7 Å². The smallest absolute Gasteiger partial charge is 0.228 e. The summed E-state index contributed by atoms with van der Waals surface area (Å²) < 4.78 is 14.5. The van der Waals surface area contributed by atoms with Gasteiger partial charge in [0.15, 0.2) is 11.6 Å². The van der Waals surface area contributed by atoms with Crippen molar-refractivity contribution in [2.45, 2.75) is 12.8 Å². The molecule has 0 bridgehead atoms. The van der Waals surface area contributed by atoms with E-state index in [0.717, 1.165) is 25.9 Å². The predicted molar refractivity (Wildman–Crippen MR) is 81.6 cm³/mol. The van der Waals surface area contributed by atoms with Crippen molar-refractivity contribution in [3.05, 3.63) is 42.5 Å². The van der Waals surface area contributed by atoms with E-state index in [1.165, 1.54) is 6.33 Å². The zero-order valence-corrected chi connectivity index (χ0v) is 12.1. The molecular formula is C16H17FN4O. The Balaban J connectivity index is 1.81. The molecule has 0 spiro atoms. The first-order valence-electron chi connectivity index (χ1n) is 7.33. The van der Waals surface area contributed by atoms with Gasteiger partial charge in [0, 0.05) is 11.5 Å². The SMILES string of the molecule is O=C(Nc1ncnc(-c2ccccc2)c1F)C1CCNCC1. The van der Waals surface area contributed by atoms with Gasteiger partial charge in [-0.2, -0.15) is 0 Å². The average molecular weight is 300 g/mol. The lowest BCUT2D eigenvalue weighted by atomic mass is 9.97. The fraction of sp³-hybridized carbons (Fsp3) is 0.312. The minimum atomic E-state index is -0.601. The second kappa shape index (κ2) is 6.62. The Kier molecular flexibility index (Phi) is 4.39. The molecule has 114 valence electrons. The van der Waals surface area contributed by atoms with Crippen molar-refractivity contribution in [3.8, 4) is 11.3 Å². The Hall–Kier alpha value is -2.34. The molecule has 1 fully saturated rings. The van der Waals surface area contributed by atoms with Crippen LogP contribution in [-0.4, -0.2) is 29.0 Å². The largest absolute Gasteiger partial charge is 0.317 e. The van der Waals surface area contributed by atoms with Gasteiger partial charge in [-0.05, 0) is 25.9 Å². The number of aromatic nitrogens is 2. The Morgan fingerprint density at radius 3 is 2.64 bits per heavy atom. The van der Waals surface area contributed by atoms with E-state index in [0.29, 0.717) is 5.56 Å². The number of halogens is 1. The van der Waals surface area contributed by atoms with Crippen LogP contribution in [0.1, 0.15) is 12.8 Å². The minimum Gasteiger partial charge on any atom is -0.317 e. The summed E-state index contributed by atoms with van der Waals surface area (Å²) in [4.78, 5) is 20.0. The van der Waals surface area contributed by atoms with Gasteiger partial charge in [0.25, 0.3) is 0 Å². The Morgan fingerprint density at radius 2 is 1.91 bits per heavy atom. The van der Waals surface area contributed by atoms with E-state index < -0.39 is 5.82 Å². The molecule has 0 aliphatic carbocycles. The highest BCUT2D eigenvalue weighted by Gasteiger charge is 2.23. The molecule has 22 heavy (non-hydrogen) atoms. The molecule has 1 saturated heterocycles. The number of piperidine rings is 1. The summed E-state index contributed by atoms with van der Waals surface area (Å²) in [5, 5.41) is 5.79. The van der Waals surface area contributed by atoms with Crippen LogP contribution in [0.4, 0.5) is 10.2 Å². The molecule has 1 aromatic carbocycles. The molecule has 5 nitrogen and oxygen atoms in total. The van der Waals surface area contributed by atoms with Crippen LogP contribution in [0.3, 0.4) is 0 Å².